The first-order valence-electron chi connectivity index (χ1n) is 24.1. The average molecular weight is 1130 g/mol. The van der Waals surface area contributed by atoms with Crippen LogP contribution in [0, 0.1) is 0 Å². The van der Waals surface area contributed by atoms with E-state index in [-0.39, 0.29) is 108 Å². The van der Waals surface area contributed by atoms with E-state index < -0.39 is 24.4 Å². The van der Waals surface area contributed by atoms with Crippen LogP contribution in [0.15, 0.2) is 158 Å². The van der Waals surface area contributed by atoms with Gasteiger partial charge in [-0.15, -0.1) is 0 Å². The van der Waals surface area contributed by atoms with Gasteiger partial charge in [-0.25, -0.2) is 20.0 Å². The summed E-state index contributed by atoms with van der Waals surface area (Å²) in [6, 6.07) is 35.8. The maximum absolute atomic E-state index is 13.1. The van der Waals surface area contributed by atoms with Gasteiger partial charge in [-0.05, 0) is 123 Å². The Hall–Kier alpha value is -7.68. The van der Waals surface area contributed by atoms with Gasteiger partial charge in [0.15, 0.2) is 24.0 Å². The van der Waals surface area contributed by atoms with Crippen molar-refractivity contribution in [1.82, 2.24) is 0 Å². The Kier molecular flexibility index (Phi) is 21.3. The number of hydrazine groups is 2. The Bertz CT molecular complexity index is 3140. The molecule has 6 aromatic carbocycles. The third-order valence-corrected chi connectivity index (χ3v) is 12.7. The van der Waals surface area contributed by atoms with Crippen molar-refractivity contribution in [2.45, 2.75) is 52.0 Å². The average Bonchev–Trinajstić information content (AvgIpc) is 3.53. The summed E-state index contributed by atoms with van der Waals surface area (Å²) in [7, 11) is 2.99. The molecule has 0 saturated carbocycles. The third kappa shape index (κ3) is 14.9. The number of aromatic carboxylic acids is 2. The molecule has 0 spiro atoms. The number of hydrogen-bond donors (Lipinski definition) is 2. The Morgan fingerprint density at radius 3 is 1.20 bits per heavy atom. The van der Waals surface area contributed by atoms with Crippen molar-refractivity contribution >= 4 is 142 Å². The molecule has 2 atom stereocenters. The van der Waals surface area contributed by atoms with Crippen LogP contribution < -0.4 is 40.9 Å². The van der Waals surface area contributed by atoms with Gasteiger partial charge >= 0.3 is 37.7 Å². The number of ketones is 2. The number of hydrogen-bond acceptors (Lipinski definition) is 14. The van der Waals surface area contributed by atoms with Gasteiger partial charge in [0, 0.05) is 82.9 Å². The smallest absolute Gasteiger partial charge is 0.545 e. The van der Waals surface area contributed by atoms with Crippen molar-refractivity contribution in [2.75, 3.05) is 44.9 Å². The monoisotopic (exact) mass is 1130 g/mol. The van der Waals surface area contributed by atoms with E-state index in [1.165, 1.54) is 74.5 Å². The number of rotatable bonds is 18. The number of halogens is 2. The molecule has 18 nitrogen and oxygen atoms in total. The largest absolute Gasteiger partial charge is 2.00 e. The van der Waals surface area contributed by atoms with Gasteiger partial charge in [-0.2, -0.15) is 0 Å². The second-order valence-corrected chi connectivity index (χ2v) is 18.4. The molecular weight excluding hydrogens is 1080 g/mol. The van der Waals surface area contributed by atoms with Crippen molar-refractivity contribution in [3.8, 4) is 0 Å². The van der Waals surface area contributed by atoms with Crippen LogP contribution in [0.25, 0.3) is 0 Å². The van der Waals surface area contributed by atoms with Crippen LogP contribution >= 0.6 is 23.2 Å². The van der Waals surface area contributed by atoms with E-state index in [9.17, 15) is 48.6 Å². The van der Waals surface area contributed by atoms with Gasteiger partial charge < -0.3 is 39.9 Å². The van der Waals surface area contributed by atoms with Gasteiger partial charge in [0.2, 0.25) is 11.8 Å². The molecule has 8 rings (SSSR count). The molecule has 0 aliphatic carbocycles. The van der Waals surface area contributed by atoms with Crippen LogP contribution in [0.3, 0.4) is 0 Å². The second-order valence-electron chi connectivity index (χ2n) is 17.5. The van der Waals surface area contributed by atoms with Gasteiger partial charge in [0.05, 0.1) is 34.7 Å². The summed E-state index contributed by atoms with van der Waals surface area (Å²) in [6.45, 7) is 2.87. The molecule has 2 unspecified atom stereocenters. The normalized spacial score (nSPS) is 14.7. The fourth-order valence-corrected chi connectivity index (χ4v) is 8.83. The number of carbonyl (C=O) groups is 8. The number of carboxylic acid groups (broad SMARTS) is 2. The molecule has 79 heavy (non-hydrogen) atoms. The van der Waals surface area contributed by atoms with Crippen LogP contribution in [-0.2, 0) is 41.5 Å². The first kappa shape index (κ1) is 60.5. The van der Waals surface area contributed by atoms with Crippen molar-refractivity contribution in [3.63, 3.8) is 0 Å². The number of amides is 4. The first-order valence-corrected chi connectivity index (χ1v) is 24.8. The summed E-state index contributed by atoms with van der Waals surface area (Å²) < 4.78 is 11.2. The summed E-state index contributed by atoms with van der Waals surface area (Å²) in [6.07, 6.45) is 5.56. The van der Waals surface area contributed by atoms with E-state index in [1.807, 2.05) is 0 Å². The fourth-order valence-electron chi connectivity index (χ4n) is 8.50. The summed E-state index contributed by atoms with van der Waals surface area (Å²) >= 11 is 12.5. The van der Waals surface area contributed by atoms with Crippen molar-refractivity contribution < 1.29 is 58.0 Å². The Morgan fingerprint density at radius 1 is 0.519 bits per heavy atom. The van der Waals surface area contributed by atoms with E-state index in [1.54, 1.807) is 131 Å². The van der Waals surface area contributed by atoms with Crippen LogP contribution in [0.1, 0.15) is 79.2 Å². The number of para-hydroxylation sites is 2. The van der Waals surface area contributed by atoms with E-state index in [0.717, 1.165) is 11.1 Å². The number of methoxy groups -OCH3 is 2. The minimum Gasteiger partial charge on any atom is -0.545 e. The molecule has 0 fully saturated rings. The molecule has 2 aliphatic rings. The topological polar surface area (TPSA) is 238 Å². The summed E-state index contributed by atoms with van der Waals surface area (Å²) in [5.74, 6) is -4.55. The quantitative estimate of drug-likeness (QED) is 0.0641. The van der Waals surface area contributed by atoms with Crippen LogP contribution in [-0.4, -0.2) is 112 Å². The van der Waals surface area contributed by atoms with E-state index in [4.69, 9.17) is 32.7 Å². The van der Waals surface area contributed by atoms with E-state index >= 15 is 0 Å². The molecular formula is C58H50CaCl2N6O12. The predicted octanol–water partition coefficient (Wildman–Crippen LogP) is 7.17. The van der Waals surface area contributed by atoms with Crippen LogP contribution in [0.2, 0.25) is 10.0 Å². The molecule has 400 valence electrons. The summed E-state index contributed by atoms with van der Waals surface area (Å²) in [5.41, 5.74) is 4.40. The molecule has 2 N–H and O–H groups in total. The minimum absolute atomic E-state index is 0. The second kappa shape index (κ2) is 27.8. The minimum atomic E-state index is -1.37. The molecule has 4 amide bonds. The van der Waals surface area contributed by atoms with Crippen molar-refractivity contribution in [3.05, 3.63) is 201 Å². The third-order valence-electron chi connectivity index (χ3n) is 12.3. The Balaban J connectivity index is 0.000000252. The molecule has 21 heteroatoms. The molecule has 0 saturated heterocycles. The molecule has 2 aliphatic heterocycles. The predicted molar refractivity (Wildman–Crippen MR) is 297 cm³/mol. The zero-order chi connectivity index (χ0) is 56.2. The summed E-state index contributed by atoms with van der Waals surface area (Å²) in [4.78, 5) is 98.4. The molecule has 2 heterocycles. The van der Waals surface area contributed by atoms with Gasteiger partial charge in [0.25, 0.3) is 11.8 Å². The standard InChI is InChI=1S/2C29H26ClN3O6.Ca/c2*1-18(34)22-13-10-20(30)17-25(22)33-28(39-2)16-15-27(36)32(33)21-11-7-19(8-12-21)9-14-26(35)31-24-6-4-3-5-23(24)29(37)38;/h2*3-8,10-13,15-17,28H,9,14H2,1-2H3,(H,31,35)(H,37,38);/q;;+2/p-2. The Labute approximate surface area is 494 Å². The van der Waals surface area contributed by atoms with E-state index in [0.29, 0.717) is 56.8 Å². The van der Waals surface area contributed by atoms with Crippen LogP contribution in [0.4, 0.5) is 34.1 Å². The molecule has 0 radical (unpaired) electrons. The number of nitrogens with one attached hydrogen (secondary N) is 2. The SMILES string of the molecule is COC1C=CC(=O)N(c2ccc(CCC(=O)Nc3ccccc3C(=O)[O-])cc2)N1c1cc(Cl)ccc1C(C)=O.COC1C=CC(=O)N(c2ccc(CCC(=O)Nc3ccccc3C(=O)[O-])cc2)N1c1cc(Cl)ccc1C(C)=O.[Ca+2]. The van der Waals surface area contributed by atoms with Crippen molar-refractivity contribution in [1.29, 1.82) is 0 Å². The summed E-state index contributed by atoms with van der Waals surface area (Å²) in [5, 5.41) is 34.5. The van der Waals surface area contributed by atoms with Gasteiger partial charge in [0.1, 0.15) is 0 Å². The number of benzene rings is 6. The molecule has 0 aromatic heterocycles. The number of ether oxygens (including phenoxy) is 2. The number of carboxylic acids is 2. The van der Waals surface area contributed by atoms with Crippen LogP contribution in [0.5, 0.6) is 0 Å². The van der Waals surface area contributed by atoms with Gasteiger partial charge in [-0.3, -0.25) is 28.8 Å². The molecule has 6 aromatic rings. The number of nitrogens with zero attached hydrogens (tertiary/aromatic N) is 4. The number of Topliss-reactive ketones (excluding diaryl/α,β-unsaturated/α-hetero) is 2. The number of carbonyl (C=O) groups excluding carboxylic acids is 8. The number of anilines is 6. The maximum atomic E-state index is 13.1. The van der Waals surface area contributed by atoms with Gasteiger partial charge in [-0.1, -0.05) is 83.9 Å². The fraction of sp³-hybridized carbons (Fsp3) is 0.172. The maximum Gasteiger partial charge on any atom is 2.00 e. The van der Waals surface area contributed by atoms with Crippen molar-refractivity contribution in [2.24, 2.45) is 0 Å². The Morgan fingerprint density at radius 2 is 0.873 bits per heavy atom. The van der Waals surface area contributed by atoms with E-state index in [2.05, 4.69) is 10.6 Å². The first-order chi connectivity index (χ1) is 37.4. The zero-order valence-corrected chi connectivity index (χ0v) is 46.9. The zero-order valence-electron chi connectivity index (χ0n) is 43.1. The molecule has 0 bridgehead atoms. The number of aryl methyl sites for hydroxylation is 2.